The summed E-state index contributed by atoms with van der Waals surface area (Å²) in [5.74, 6) is 1.77. The molecule has 3 aliphatic rings. The third kappa shape index (κ3) is 3.78. The van der Waals surface area contributed by atoms with Gasteiger partial charge >= 0.3 is 0 Å². The number of ether oxygens (including phenoxy) is 3. The van der Waals surface area contributed by atoms with Crippen LogP contribution in [0, 0.1) is 5.41 Å². The van der Waals surface area contributed by atoms with Crippen molar-refractivity contribution < 1.29 is 19.0 Å². The SMILES string of the molecule is COc1ccc(OC)c2c1[C@H](c1cccc(NC(=O)[C@]3(C)CC3(Cl)Cl)c1)O[C@H]1CCCC[C@@H]21. The van der Waals surface area contributed by atoms with Gasteiger partial charge in [-0.25, -0.2) is 0 Å². The molecule has 2 aromatic carbocycles. The van der Waals surface area contributed by atoms with E-state index in [0.717, 1.165) is 41.9 Å². The van der Waals surface area contributed by atoms with Gasteiger partial charge in [-0.05, 0) is 56.0 Å². The molecule has 0 aromatic heterocycles. The number of amides is 1. The molecule has 2 aliphatic carbocycles. The lowest BCUT2D eigenvalue weighted by atomic mass is 9.75. The molecule has 1 amide bonds. The summed E-state index contributed by atoms with van der Waals surface area (Å²) in [5.41, 5.74) is 3.05. The quantitative estimate of drug-likeness (QED) is 0.495. The van der Waals surface area contributed by atoms with Gasteiger partial charge in [0.15, 0.2) is 0 Å². The molecule has 5 rings (SSSR count). The van der Waals surface area contributed by atoms with Gasteiger partial charge in [-0.2, -0.15) is 0 Å². The van der Waals surface area contributed by atoms with Crippen LogP contribution in [0.4, 0.5) is 5.69 Å². The van der Waals surface area contributed by atoms with Gasteiger partial charge in [0, 0.05) is 22.7 Å². The Balaban J connectivity index is 1.54. The number of rotatable bonds is 5. The second-order valence-corrected chi connectivity index (χ2v) is 11.0. The predicted octanol–water partition coefficient (Wildman–Crippen LogP) is 6.37. The van der Waals surface area contributed by atoms with Crippen LogP contribution in [0.1, 0.15) is 67.7 Å². The van der Waals surface area contributed by atoms with Gasteiger partial charge in [0.25, 0.3) is 0 Å². The lowest BCUT2D eigenvalue weighted by Crippen LogP contribution is -2.34. The van der Waals surface area contributed by atoms with Crippen molar-refractivity contribution in [3.05, 3.63) is 53.1 Å². The van der Waals surface area contributed by atoms with Crippen LogP contribution in [0.2, 0.25) is 0 Å². The van der Waals surface area contributed by atoms with Crippen LogP contribution in [0.15, 0.2) is 36.4 Å². The number of hydrogen-bond donors (Lipinski definition) is 1. The molecule has 33 heavy (non-hydrogen) atoms. The van der Waals surface area contributed by atoms with Gasteiger partial charge in [0.2, 0.25) is 5.91 Å². The summed E-state index contributed by atoms with van der Waals surface area (Å²) in [6, 6.07) is 11.7. The maximum absolute atomic E-state index is 12.8. The Morgan fingerprint density at radius 1 is 1.06 bits per heavy atom. The highest BCUT2D eigenvalue weighted by atomic mass is 35.5. The summed E-state index contributed by atoms with van der Waals surface area (Å²) in [5, 5.41) is 2.99. The molecule has 0 unspecified atom stereocenters. The van der Waals surface area contributed by atoms with Gasteiger partial charge in [0.05, 0.1) is 25.7 Å². The fraction of sp³-hybridized carbons (Fsp3) is 0.500. The van der Waals surface area contributed by atoms with Gasteiger partial charge < -0.3 is 19.5 Å². The molecular formula is C26H29Cl2NO4. The van der Waals surface area contributed by atoms with Gasteiger partial charge in [-0.15, -0.1) is 23.2 Å². The van der Waals surface area contributed by atoms with Crippen molar-refractivity contribution in [3.8, 4) is 11.5 Å². The molecule has 0 spiro atoms. The zero-order valence-electron chi connectivity index (χ0n) is 19.1. The maximum Gasteiger partial charge on any atom is 0.233 e. The van der Waals surface area contributed by atoms with Gasteiger partial charge in [-0.3, -0.25) is 4.79 Å². The second kappa shape index (κ2) is 8.37. The third-order valence-corrected chi connectivity index (χ3v) is 8.60. The van der Waals surface area contributed by atoms with E-state index in [1.54, 1.807) is 21.1 Å². The predicted molar refractivity (Wildman–Crippen MR) is 130 cm³/mol. The van der Waals surface area contributed by atoms with E-state index in [4.69, 9.17) is 37.4 Å². The second-order valence-electron chi connectivity index (χ2n) is 9.54. The van der Waals surface area contributed by atoms with E-state index in [-0.39, 0.29) is 24.0 Å². The van der Waals surface area contributed by atoms with Crippen molar-refractivity contribution in [2.75, 3.05) is 19.5 Å². The van der Waals surface area contributed by atoms with E-state index in [0.29, 0.717) is 12.1 Å². The first-order chi connectivity index (χ1) is 15.8. The Hall–Kier alpha value is -1.95. The third-order valence-electron chi connectivity index (χ3n) is 7.50. The van der Waals surface area contributed by atoms with Crippen LogP contribution in [0.3, 0.4) is 0 Å². The van der Waals surface area contributed by atoms with Crippen molar-refractivity contribution in [2.24, 2.45) is 5.41 Å². The molecule has 4 atom stereocenters. The Labute approximate surface area is 204 Å². The first-order valence-electron chi connectivity index (χ1n) is 11.5. The number of hydrogen-bond acceptors (Lipinski definition) is 4. The van der Waals surface area contributed by atoms with Crippen LogP contribution in [-0.2, 0) is 9.53 Å². The fourth-order valence-corrected chi connectivity index (χ4v) is 6.08. The largest absolute Gasteiger partial charge is 0.496 e. The minimum atomic E-state index is -1.01. The minimum Gasteiger partial charge on any atom is -0.496 e. The van der Waals surface area contributed by atoms with Crippen molar-refractivity contribution in [2.45, 2.75) is 61.5 Å². The highest BCUT2D eigenvalue weighted by molar-refractivity contribution is 6.53. The average molecular weight is 490 g/mol. The number of nitrogens with one attached hydrogen (secondary N) is 1. The van der Waals surface area contributed by atoms with E-state index < -0.39 is 9.75 Å². The smallest absolute Gasteiger partial charge is 0.233 e. The first-order valence-corrected chi connectivity index (χ1v) is 12.2. The lowest BCUT2D eigenvalue weighted by molar-refractivity contribution is -0.120. The average Bonchev–Trinajstić information content (AvgIpc) is 3.36. The topological polar surface area (TPSA) is 56.8 Å². The summed E-state index contributed by atoms with van der Waals surface area (Å²) in [7, 11) is 3.40. The monoisotopic (exact) mass is 489 g/mol. The number of halogens is 2. The summed E-state index contributed by atoms with van der Waals surface area (Å²) in [6.45, 7) is 1.78. The number of benzene rings is 2. The number of carbonyl (C=O) groups excluding carboxylic acids is 1. The molecule has 0 saturated heterocycles. The summed E-state index contributed by atoms with van der Waals surface area (Å²) < 4.78 is 17.3. The molecule has 0 radical (unpaired) electrons. The Morgan fingerprint density at radius 2 is 1.73 bits per heavy atom. The van der Waals surface area contributed by atoms with E-state index in [2.05, 4.69) is 5.32 Å². The molecule has 5 nitrogen and oxygen atoms in total. The zero-order valence-corrected chi connectivity index (χ0v) is 20.6. The number of carbonyl (C=O) groups is 1. The van der Waals surface area contributed by atoms with Crippen LogP contribution in [-0.4, -0.2) is 30.6 Å². The Kier molecular flexibility index (Phi) is 5.79. The minimum absolute atomic E-state index is 0.119. The highest BCUT2D eigenvalue weighted by Gasteiger charge is 2.67. The number of methoxy groups -OCH3 is 2. The normalized spacial score (nSPS) is 29.4. The van der Waals surface area contributed by atoms with Crippen molar-refractivity contribution in [3.63, 3.8) is 0 Å². The Bertz CT molecular complexity index is 1090. The molecular weight excluding hydrogens is 461 g/mol. The zero-order chi connectivity index (χ0) is 23.4. The standard InChI is InChI=1S/C26H29Cl2NO4/c1-25(14-26(25,27)28)24(30)29-16-8-6-7-15(13-16)23-22-20(32-3)12-11-19(31-2)21(22)17-9-4-5-10-18(17)33-23/h6-8,11-13,17-18,23H,4-5,9-10,14H2,1-3H3,(H,29,30)/t17-,18+,23+,25+/m1/s1. The van der Waals surface area contributed by atoms with Crippen LogP contribution < -0.4 is 14.8 Å². The molecule has 2 fully saturated rings. The summed E-state index contributed by atoms with van der Waals surface area (Å²) >= 11 is 12.4. The summed E-state index contributed by atoms with van der Waals surface area (Å²) in [6.07, 6.45) is 4.66. The van der Waals surface area contributed by atoms with Crippen LogP contribution in [0.5, 0.6) is 11.5 Å². The van der Waals surface area contributed by atoms with E-state index in [1.165, 1.54) is 12.0 Å². The number of fused-ring (bicyclic) bond motifs is 3. The molecule has 1 aliphatic heterocycles. The fourth-order valence-electron chi connectivity index (χ4n) is 5.38. The lowest BCUT2D eigenvalue weighted by Gasteiger charge is -2.42. The highest BCUT2D eigenvalue weighted by Crippen LogP contribution is 2.64. The van der Waals surface area contributed by atoms with Gasteiger partial charge in [-0.1, -0.05) is 25.0 Å². The van der Waals surface area contributed by atoms with Crippen LogP contribution in [0.25, 0.3) is 0 Å². The number of anilines is 1. The van der Waals surface area contributed by atoms with E-state index in [9.17, 15) is 4.79 Å². The number of alkyl halides is 2. The van der Waals surface area contributed by atoms with E-state index in [1.807, 2.05) is 36.4 Å². The molecule has 2 aromatic rings. The van der Waals surface area contributed by atoms with Crippen LogP contribution >= 0.6 is 23.2 Å². The molecule has 1 heterocycles. The van der Waals surface area contributed by atoms with Gasteiger partial charge in [0.1, 0.15) is 21.9 Å². The van der Waals surface area contributed by atoms with Crippen molar-refractivity contribution in [1.29, 1.82) is 0 Å². The van der Waals surface area contributed by atoms with E-state index >= 15 is 0 Å². The molecule has 176 valence electrons. The first kappa shape index (κ1) is 22.8. The Morgan fingerprint density at radius 3 is 2.39 bits per heavy atom. The molecule has 2 saturated carbocycles. The maximum atomic E-state index is 12.8. The molecule has 7 heteroatoms. The summed E-state index contributed by atoms with van der Waals surface area (Å²) in [4.78, 5) is 12.8. The van der Waals surface area contributed by atoms with Crippen molar-refractivity contribution in [1.82, 2.24) is 0 Å². The molecule has 0 bridgehead atoms. The van der Waals surface area contributed by atoms with Crippen molar-refractivity contribution >= 4 is 34.8 Å². The molecule has 1 N–H and O–H groups in total.